The average molecular weight is 417 g/mol. The van der Waals surface area contributed by atoms with Crippen LogP contribution in [0.3, 0.4) is 0 Å². The van der Waals surface area contributed by atoms with Gasteiger partial charge in [-0.05, 0) is 29.2 Å². The third kappa shape index (κ3) is 5.09. The Morgan fingerprint density at radius 2 is 1.81 bits per heavy atom. The zero-order valence-corrected chi connectivity index (χ0v) is 18.0. The molecule has 0 aliphatic carbocycles. The van der Waals surface area contributed by atoms with Crippen LogP contribution in [0.2, 0.25) is 0 Å². The summed E-state index contributed by atoms with van der Waals surface area (Å²) in [7, 11) is 0. The van der Waals surface area contributed by atoms with E-state index in [2.05, 4.69) is 58.3 Å². The van der Waals surface area contributed by atoms with Gasteiger partial charge in [-0.2, -0.15) is 0 Å². The number of morpholine rings is 1. The predicted molar refractivity (Wildman–Crippen MR) is 122 cm³/mol. The number of nitrogens with one attached hydrogen (secondary N) is 1. The van der Waals surface area contributed by atoms with Gasteiger partial charge in [-0.25, -0.2) is 4.98 Å². The highest BCUT2D eigenvalue weighted by Gasteiger charge is 2.18. The minimum atomic E-state index is -0.105. The van der Waals surface area contributed by atoms with Crippen LogP contribution >= 0.6 is 0 Å². The Hall–Kier alpha value is -3.25. The molecule has 0 saturated carbocycles. The van der Waals surface area contributed by atoms with Crippen LogP contribution in [0.25, 0.3) is 11.3 Å². The summed E-state index contributed by atoms with van der Waals surface area (Å²) in [6.45, 7) is 7.75. The second-order valence-electron chi connectivity index (χ2n) is 7.99. The number of aromatic nitrogens is 2. The van der Waals surface area contributed by atoms with Gasteiger partial charge in [0.2, 0.25) is 0 Å². The molecule has 31 heavy (non-hydrogen) atoms. The molecule has 0 spiro atoms. The summed E-state index contributed by atoms with van der Waals surface area (Å²) < 4.78 is 5.46. The van der Waals surface area contributed by atoms with E-state index in [1.54, 1.807) is 12.4 Å². The molecule has 1 aliphatic heterocycles. The Morgan fingerprint density at radius 3 is 2.55 bits per heavy atom. The van der Waals surface area contributed by atoms with Gasteiger partial charge in [0.05, 0.1) is 13.2 Å². The molecule has 3 aromatic rings. The van der Waals surface area contributed by atoms with E-state index >= 15 is 0 Å². The second-order valence-corrected chi connectivity index (χ2v) is 7.99. The first kappa shape index (κ1) is 21.0. The molecule has 0 atom stereocenters. The molecule has 1 fully saturated rings. The molecule has 1 amide bonds. The number of benzene rings is 2. The predicted octanol–water partition coefficient (Wildman–Crippen LogP) is 4.03. The maximum absolute atomic E-state index is 12.8. The minimum absolute atomic E-state index is 0.105. The fraction of sp³-hybridized carbons (Fsp3) is 0.320. The van der Waals surface area contributed by atoms with Crippen molar-refractivity contribution in [1.82, 2.24) is 15.3 Å². The Bertz CT molecular complexity index is 1030. The summed E-state index contributed by atoms with van der Waals surface area (Å²) in [6.07, 6.45) is 3.39. The van der Waals surface area contributed by atoms with Gasteiger partial charge in [0, 0.05) is 43.2 Å². The zero-order chi connectivity index (χ0) is 21.6. The SMILES string of the molecule is CC(C)c1ccc(CNC(=O)c2cccc(-c3nccnc3N3CCOCC3)c2)cc1. The van der Waals surface area contributed by atoms with Gasteiger partial charge in [0.15, 0.2) is 5.82 Å². The highest BCUT2D eigenvalue weighted by atomic mass is 16.5. The summed E-state index contributed by atoms with van der Waals surface area (Å²) in [5.41, 5.74) is 4.64. The van der Waals surface area contributed by atoms with Crippen molar-refractivity contribution >= 4 is 11.7 Å². The van der Waals surface area contributed by atoms with Crippen molar-refractivity contribution < 1.29 is 9.53 Å². The van der Waals surface area contributed by atoms with Gasteiger partial charge in [0.25, 0.3) is 5.91 Å². The minimum Gasteiger partial charge on any atom is -0.378 e. The van der Waals surface area contributed by atoms with Crippen LogP contribution in [0.15, 0.2) is 60.9 Å². The number of amides is 1. The molecule has 6 heteroatoms. The summed E-state index contributed by atoms with van der Waals surface area (Å²) >= 11 is 0. The van der Waals surface area contributed by atoms with E-state index < -0.39 is 0 Å². The zero-order valence-electron chi connectivity index (χ0n) is 18.0. The molecule has 4 rings (SSSR count). The molecule has 1 aliphatic rings. The van der Waals surface area contributed by atoms with E-state index in [-0.39, 0.29) is 5.91 Å². The average Bonchev–Trinajstić information content (AvgIpc) is 2.83. The molecule has 2 heterocycles. The van der Waals surface area contributed by atoms with Gasteiger partial charge < -0.3 is 15.0 Å². The molecule has 0 bridgehead atoms. The number of hydrogen-bond donors (Lipinski definition) is 1. The van der Waals surface area contributed by atoms with Gasteiger partial charge in [-0.15, -0.1) is 0 Å². The van der Waals surface area contributed by atoms with E-state index in [0.717, 1.165) is 35.7 Å². The molecule has 0 unspecified atom stereocenters. The molecule has 160 valence electrons. The number of anilines is 1. The lowest BCUT2D eigenvalue weighted by Gasteiger charge is -2.28. The van der Waals surface area contributed by atoms with Crippen molar-refractivity contribution in [2.45, 2.75) is 26.3 Å². The number of carbonyl (C=O) groups is 1. The standard InChI is InChI=1S/C25H28N4O2/c1-18(2)20-8-6-19(7-9-20)17-28-25(30)22-5-3-4-21(16-22)23-24(27-11-10-26-23)29-12-14-31-15-13-29/h3-11,16,18H,12-15,17H2,1-2H3,(H,28,30). The van der Waals surface area contributed by atoms with Crippen LogP contribution in [-0.4, -0.2) is 42.2 Å². The first-order chi connectivity index (χ1) is 15.1. The van der Waals surface area contributed by atoms with E-state index in [4.69, 9.17) is 4.74 Å². The third-order valence-electron chi connectivity index (χ3n) is 5.49. The highest BCUT2D eigenvalue weighted by molar-refractivity contribution is 5.95. The summed E-state index contributed by atoms with van der Waals surface area (Å²) in [5.74, 6) is 1.22. The van der Waals surface area contributed by atoms with E-state index in [1.807, 2.05) is 24.3 Å². The molecule has 6 nitrogen and oxygen atoms in total. The van der Waals surface area contributed by atoms with Gasteiger partial charge in [-0.3, -0.25) is 9.78 Å². The van der Waals surface area contributed by atoms with Gasteiger partial charge in [-0.1, -0.05) is 50.2 Å². The molecule has 1 N–H and O–H groups in total. The maximum Gasteiger partial charge on any atom is 0.251 e. The summed E-state index contributed by atoms with van der Waals surface area (Å²) in [5, 5.41) is 3.02. The van der Waals surface area contributed by atoms with Crippen LogP contribution in [0.5, 0.6) is 0 Å². The van der Waals surface area contributed by atoms with Gasteiger partial charge >= 0.3 is 0 Å². The van der Waals surface area contributed by atoms with Crippen LogP contribution < -0.4 is 10.2 Å². The van der Waals surface area contributed by atoms with Crippen LogP contribution in [0.4, 0.5) is 5.82 Å². The van der Waals surface area contributed by atoms with Crippen molar-refractivity contribution in [3.8, 4) is 11.3 Å². The Morgan fingerprint density at radius 1 is 1.06 bits per heavy atom. The molecular weight excluding hydrogens is 388 g/mol. The number of rotatable bonds is 6. The van der Waals surface area contributed by atoms with Crippen LogP contribution in [0.1, 0.15) is 41.3 Å². The van der Waals surface area contributed by atoms with Crippen molar-refractivity contribution in [3.63, 3.8) is 0 Å². The monoisotopic (exact) mass is 416 g/mol. The van der Waals surface area contributed by atoms with E-state index in [1.165, 1.54) is 5.56 Å². The first-order valence-corrected chi connectivity index (χ1v) is 10.7. The fourth-order valence-corrected chi connectivity index (χ4v) is 3.65. The number of carbonyl (C=O) groups excluding carboxylic acids is 1. The maximum atomic E-state index is 12.8. The molecule has 0 radical (unpaired) electrons. The van der Waals surface area contributed by atoms with E-state index in [9.17, 15) is 4.79 Å². The highest BCUT2D eigenvalue weighted by Crippen LogP contribution is 2.27. The van der Waals surface area contributed by atoms with Crippen molar-refractivity contribution in [2.24, 2.45) is 0 Å². The number of nitrogens with zero attached hydrogens (tertiary/aromatic N) is 3. The largest absolute Gasteiger partial charge is 0.378 e. The number of ether oxygens (including phenoxy) is 1. The summed E-state index contributed by atoms with van der Waals surface area (Å²) in [6, 6.07) is 15.9. The topological polar surface area (TPSA) is 67.4 Å². The lowest BCUT2D eigenvalue weighted by molar-refractivity contribution is 0.0951. The van der Waals surface area contributed by atoms with E-state index in [0.29, 0.717) is 31.2 Å². The van der Waals surface area contributed by atoms with Crippen molar-refractivity contribution in [2.75, 3.05) is 31.2 Å². The Labute approximate surface area is 183 Å². The second kappa shape index (κ2) is 9.71. The van der Waals surface area contributed by atoms with Crippen LogP contribution in [0, 0.1) is 0 Å². The first-order valence-electron chi connectivity index (χ1n) is 10.7. The quantitative estimate of drug-likeness (QED) is 0.657. The molecule has 1 saturated heterocycles. The lowest BCUT2D eigenvalue weighted by Crippen LogP contribution is -2.37. The Kier molecular flexibility index (Phi) is 6.57. The smallest absolute Gasteiger partial charge is 0.251 e. The normalized spacial score (nSPS) is 14.0. The van der Waals surface area contributed by atoms with Crippen LogP contribution in [-0.2, 0) is 11.3 Å². The molecule has 1 aromatic heterocycles. The number of hydrogen-bond acceptors (Lipinski definition) is 5. The Balaban J connectivity index is 1.49. The molecular formula is C25H28N4O2. The van der Waals surface area contributed by atoms with Crippen molar-refractivity contribution in [3.05, 3.63) is 77.6 Å². The summed E-state index contributed by atoms with van der Waals surface area (Å²) in [4.78, 5) is 24.1. The molecule has 2 aromatic carbocycles. The third-order valence-corrected chi connectivity index (χ3v) is 5.49. The fourth-order valence-electron chi connectivity index (χ4n) is 3.65. The van der Waals surface area contributed by atoms with Gasteiger partial charge in [0.1, 0.15) is 5.69 Å². The lowest BCUT2D eigenvalue weighted by atomic mass is 10.0. The van der Waals surface area contributed by atoms with Crippen molar-refractivity contribution in [1.29, 1.82) is 0 Å².